The Morgan fingerprint density at radius 3 is 2.93 bits per heavy atom. The summed E-state index contributed by atoms with van der Waals surface area (Å²) < 4.78 is 0. The van der Waals surface area contributed by atoms with Crippen LogP contribution in [0.1, 0.15) is 18.9 Å². The Balaban J connectivity index is 2.26. The predicted octanol–water partition coefficient (Wildman–Crippen LogP) is 0.539. The lowest BCUT2D eigenvalue weighted by molar-refractivity contribution is -0.125. The Bertz CT molecular complexity index is 290. The van der Waals surface area contributed by atoms with Crippen molar-refractivity contribution in [1.29, 1.82) is 0 Å². The molecule has 0 unspecified atom stereocenters. The Morgan fingerprint density at radius 1 is 1.71 bits per heavy atom. The van der Waals surface area contributed by atoms with Crippen LogP contribution >= 0.6 is 11.3 Å². The molecule has 0 aliphatic heterocycles. The van der Waals surface area contributed by atoms with Gasteiger partial charge in [-0.05, 0) is 13.8 Å². The van der Waals surface area contributed by atoms with Crippen molar-refractivity contribution in [2.24, 2.45) is 5.73 Å². The van der Waals surface area contributed by atoms with Crippen molar-refractivity contribution < 1.29 is 4.79 Å². The number of carbonyl (C=O) groups is 1. The third-order valence-electron chi connectivity index (χ3n) is 1.69. The van der Waals surface area contributed by atoms with Gasteiger partial charge < -0.3 is 11.1 Å². The average Bonchev–Trinajstić information content (AvgIpc) is 2.55. The summed E-state index contributed by atoms with van der Waals surface area (Å²) in [7, 11) is 0. The third-order valence-corrected chi connectivity index (χ3v) is 2.53. The normalized spacial score (nSPS) is 11.4. The quantitative estimate of drug-likeness (QED) is 0.767. The fourth-order valence-electron chi connectivity index (χ4n) is 0.887. The van der Waals surface area contributed by atoms with Gasteiger partial charge in [-0.2, -0.15) is 0 Å². The minimum Gasteiger partial charge on any atom is -0.354 e. The molecule has 1 aromatic rings. The molecular formula is C9H15N3OS. The zero-order chi connectivity index (χ0) is 10.6. The molecule has 1 aromatic heterocycles. The number of thiazole rings is 1. The van der Waals surface area contributed by atoms with Crippen molar-refractivity contribution >= 4 is 17.2 Å². The van der Waals surface area contributed by atoms with Gasteiger partial charge in [0, 0.05) is 24.5 Å². The minimum absolute atomic E-state index is 0.131. The molecule has 0 aliphatic carbocycles. The number of aromatic nitrogens is 1. The zero-order valence-electron chi connectivity index (χ0n) is 8.41. The fraction of sp³-hybridized carbons (Fsp3) is 0.556. The van der Waals surface area contributed by atoms with Crippen LogP contribution in [-0.4, -0.2) is 23.0 Å². The van der Waals surface area contributed by atoms with Crippen molar-refractivity contribution in [2.75, 3.05) is 6.54 Å². The molecule has 0 bridgehead atoms. The third kappa shape index (κ3) is 3.43. The number of rotatable bonds is 4. The fourth-order valence-corrected chi connectivity index (χ4v) is 1.51. The topological polar surface area (TPSA) is 68.0 Å². The number of nitrogens with zero attached hydrogens (tertiary/aromatic N) is 1. The molecule has 78 valence electrons. The lowest BCUT2D eigenvalue weighted by Crippen LogP contribution is -2.49. The molecule has 1 rings (SSSR count). The van der Waals surface area contributed by atoms with Crippen LogP contribution in [-0.2, 0) is 11.2 Å². The Labute approximate surface area is 87.5 Å². The Hall–Kier alpha value is -0.940. The van der Waals surface area contributed by atoms with Crippen LogP contribution < -0.4 is 11.1 Å². The molecule has 1 heterocycles. The highest BCUT2D eigenvalue weighted by Crippen LogP contribution is 2.03. The van der Waals surface area contributed by atoms with Gasteiger partial charge in [0.2, 0.25) is 5.91 Å². The van der Waals surface area contributed by atoms with Crippen molar-refractivity contribution in [3.05, 3.63) is 16.6 Å². The van der Waals surface area contributed by atoms with E-state index >= 15 is 0 Å². The lowest BCUT2D eigenvalue weighted by Gasteiger charge is -2.17. The molecule has 5 heteroatoms. The van der Waals surface area contributed by atoms with Gasteiger partial charge in [0.1, 0.15) is 0 Å². The number of carbonyl (C=O) groups excluding carboxylic acids is 1. The summed E-state index contributed by atoms with van der Waals surface area (Å²) in [5.41, 5.74) is 4.81. The number of hydrogen-bond donors (Lipinski definition) is 2. The standard InChI is InChI=1S/C9H15N3OS/c1-9(2,10)8(13)12-4-3-7-11-5-6-14-7/h5-6H,3-4,10H2,1-2H3,(H,12,13). The molecule has 1 amide bonds. The van der Waals surface area contributed by atoms with E-state index in [1.54, 1.807) is 31.4 Å². The molecule has 0 saturated heterocycles. The van der Waals surface area contributed by atoms with Crippen molar-refractivity contribution in [2.45, 2.75) is 25.8 Å². The second-order valence-electron chi connectivity index (χ2n) is 3.65. The second kappa shape index (κ2) is 4.52. The predicted molar refractivity (Wildman–Crippen MR) is 57.1 cm³/mol. The largest absolute Gasteiger partial charge is 0.354 e. The van der Waals surface area contributed by atoms with Gasteiger partial charge in [-0.15, -0.1) is 11.3 Å². The van der Waals surface area contributed by atoms with E-state index in [0.29, 0.717) is 6.54 Å². The van der Waals surface area contributed by atoms with E-state index in [1.807, 2.05) is 5.38 Å². The molecule has 0 radical (unpaired) electrons. The van der Waals surface area contributed by atoms with Crippen LogP contribution in [0.3, 0.4) is 0 Å². The van der Waals surface area contributed by atoms with Crippen LogP contribution in [0.2, 0.25) is 0 Å². The first-order chi connectivity index (χ1) is 6.50. The molecule has 0 aliphatic rings. The molecule has 0 saturated carbocycles. The van der Waals surface area contributed by atoms with Crippen molar-refractivity contribution in [3.63, 3.8) is 0 Å². The summed E-state index contributed by atoms with van der Waals surface area (Å²) in [5, 5.41) is 5.71. The molecule has 14 heavy (non-hydrogen) atoms. The lowest BCUT2D eigenvalue weighted by atomic mass is 10.1. The Kier molecular flexibility index (Phi) is 3.60. The van der Waals surface area contributed by atoms with Crippen LogP contribution in [0.4, 0.5) is 0 Å². The monoisotopic (exact) mass is 213 g/mol. The van der Waals surface area contributed by atoms with Gasteiger partial charge in [-0.3, -0.25) is 4.79 Å². The Morgan fingerprint density at radius 2 is 2.43 bits per heavy atom. The smallest absolute Gasteiger partial charge is 0.239 e. The van der Waals surface area contributed by atoms with Gasteiger partial charge in [0.15, 0.2) is 0 Å². The van der Waals surface area contributed by atoms with E-state index < -0.39 is 5.54 Å². The van der Waals surface area contributed by atoms with E-state index in [1.165, 1.54) is 0 Å². The van der Waals surface area contributed by atoms with Gasteiger partial charge in [0.05, 0.1) is 10.5 Å². The molecular weight excluding hydrogens is 198 g/mol. The maximum atomic E-state index is 11.3. The first-order valence-electron chi connectivity index (χ1n) is 4.45. The van der Waals surface area contributed by atoms with Gasteiger partial charge >= 0.3 is 0 Å². The minimum atomic E-state index is -0.803. The maximum Gasteiger partial charge on any atom is 0.239 e. The van der Waals surface area contributed by atoms with Crippen LogP contribution in [0.5, 0.6) is 0 Å². The summed E-state index contributed by atoms with van der Waals surface area (Å²) in [6.45, 7) is 3.96. The summed E-state index contributed by atoms with van der Waals surface area (Å²) >= 11 is 1.59. The first kappa shape index (κ1) is 11.1. The highest BCUT2D eigenvalue weighted by Gasteiger charge is 2.20. The SMILES string of the molecule is CC(C)(N)C(=O)NCCc1nccs1. The molecule has 0 fully saturated rings. The molecule has 0 spiro atoms. The summed E-state index contributed by atoms with van der Waals surface area (Å²) in [4.78, 5) is 15.5. The van der Waals surface area contributed by atoms with E-state index in [4.69, 9.17) is 5.73 Å². The second-order valence-corrected chi connectivity index (χ2v) is 4.63. The average molecular weight is 213 g/mol. The number of nitrogens with two attached hydrogens (primary N) is 1. The summed E-state index contributed by atoms with van der Waals surface area (Å²) in [5.74, 6) is -0.131. The summed E-state index contributed by atoms with van der Waals surface area (Å²) in [6, 6.07) is 0. The number of hydrogen-bond acceptors (Lipinski definition) is 4. The molecule has 3 N–H and O–H groups in total. The van der Waals surface area contributed by atoms with Crippen molar-refractivity contribution in [3.8, 4) is 0 Å². The van der Waals surface area contributed by atoms with E-state index in [0.717, 1.165) is 11.4 Å². The highest BCUT2D eigenvalue weighted by molar-refractivity contribution is 7.09. The van der Waals surface area contributed by atoms with Gasteiger partial charge in [-0.25, -0.2) is 4.98 Å². The van der Waals surface area contributed by atoms with E-state index in [-0.39, 0.29) is 5.91 Å². The van der Waals surface area contributed by atoms with Crippen LogP contribution in [0, 0.1) is 0 Å². The zero-order valence-corrected chi connectivity index (χ0v) is 9.23. The molecule has 4 nitrogen and oxygen atoms in total. The maximum absolute atomic E-state index is 11.3. The first-order valence-corrected chi connectivity index (χ1v) is 5.33. The van der Waals surface area contributed by atoms with Gasteiger partial charge in [0.25, 0.3) is 0 Å². The van der Waals surface area contributed by atoms with Crippen molar-refractivity contribution in [1.82, 2.24) is 10.3 Å². The van der Waals surface area contributed by atoms with Crippen LogP contribution in [0.25, 0.3) is 0 Å². The van der Waals surface area contributed by atoms with Crippen LogP contribution in [0.15, 0.2) is 11.6 Å². The van der Waals surface area contributed by atoms with E-state index in [2.05, 4.69) is 10.3 Å². The number of nitrogens with one attached hydrogen (secondary N) is 1. The summed E-state index contributed by atoms with van der Waals surface area (Å²) in [6.07, 6.45) is 2.52. The number of amides is 1. The molecule has 0 aromatic carbocycles. The highest BCUT2D eigenvalue weighted by atomic mass is 32.1. The molecule has 0 atom stereocenters. The van der Waals surface area contributed by atoms with E-state index in [9.17, 15) is 4.79 Å². The van der Waals surface area contributed by atoms with Gasteiger partial charge in [-0.1, -0.05) is 0 Å².